The Hall–Kier alpha value is -1.40. The van der Waals surface area contributed by atoms with Crippen LogP contribution in [0, 0.1) is 12.8 Å². The van der Waals surface area contributed by atoms with Gasteiger partial charge in [0.05, 0.1) is 17.9 Å². The van der Waals surface area contributed by atoms with Crippen molar-refractivity contribution < 1.29 is 17.9 Å². The van der Waals surface area contributed by atoms with Crippen LogP contribution in [0.1, 0.15) is 31.2 Å². The highest BCUT2D eigenvalue weighted by Crippen LogP contribution is 2.27. The van der Waals surface area contributed by atoms with Crippen LogP contribution < -0.4 is 4.72 Å². The maximum absolute atomic E-state index is 12.4. The zero-order valence-electron chi connectivity index (χ0n) is 12.3. The van der Waals surface area contributed by atoms with E-state index in [1.807, 2.05) is 6.92 Å². The fourth-order valence-corrected chi connectivity index (χ4v) is 4.00. The van der Waals surface area contributed by atoms with E-state index in [0.29, 0.717) is 12.8 Å². The first kappa shape index (κ1) is 16.0. The van der Waals surface area contributed by atoms with E-state index >= 15 is 0 Å². The van der Waals surface area contributed by atoms with Gasteiger partial charge < -0.3 is 4.74 Å². The summed E-state index contributed by atoms with van der Waals surface area (Å²) >= 11 is 0. The molecular formula is C15H21NO4S. The smallest absolute Gasteiger partial charge is 0.310 e. The quantitative estimate of drug-likeness (QED) is 0.863. The van der Waals surface area contributed by atoms with Crippen LogP contribution in [0.3, 0.4) is 0 Å². The molecule has 1 aromatic carbocycles. The molecule has 0 saturated heterocycles. The van der Waals surface area contributed by atoms with E-state index in [-0.39, 0.29) is 10.9 Å². The molecule has 0 unspecified atom stereocenters. The summed E-state index contributed by atoms with van der Waals surface area (Å²) in [6, 6.07) is 6.28. The molecule has 0 heterocycles. The molecule has 1 fully saturated rings. The third-order valence-electron chi connectivity index (χ3n) is 3.91. The predicted octanol–water partition coefficient (Wildman–Crippen LogP) is 2.01. The molecule has 1 saturated carbocycles. The zero-order valence-corrected chi connectivity index (χ0v) is 13.2. The van der Waals surface area contributed by atoms with E-state index in [1.165, 1.54) is 7.11 Å². The van der Waals surface area contributed by atoms with Gasteiger partial charge in [-0.3, -0.25) is 4.79 Å². The predicted molar refractivity (Wildman–Crippen MR) is 79.3 cm³/mol. The minimum atomic E-state index is -3.61. The van der Waals surface area contributed by atoms with Crippen molar-refractivity contribution in [1.82, 2.24) is 4.72 Å². The number of aryl methyl sites for hydroxylation is 1. The van der Waals surface area contributed by atoms with Gasteiger partial charge in [0.15, 0.2) is 0 Å². The summed E-state index contributed by atoms with van der Waals surface area (Å²) in [4.78, 5) is 12.0. The van der Waals surface area contributed by atoms with E-state index in [0.717, 1.165) is 18.4 Å². The molecule has 21 heavy (non-hydrogen) atoms. The SMILES string of the molecule is COC(=O)[C@@H]1CCCC[C@@H]1NS(=O)(=O)c1ccc(C)cc1. The van der Waals surface area contributed by atoms with Crippen LogP contribution in [0.4, 0.5) is 0 Å². The second kappa shape index (κ2) is 6.58. The van der Waals surface area contributed by atoms with E-state index < -0.39 is 22.0 Å². The third-order valence-corrected chi connectivity index (χ3v) is 5.41. The van der Waals surface area contributed by atoms with Gasteiger partial charge in [0, 0.05) is 6.04 Å². The van der Waals surface area contributed by atoms with Crippen molar-refractivity contribution in [3.05, 3.63) is 29.8 Å². The van der Waals surface area contributed by atoms with Gasteiger partial charge in [0.1, 0.15) is 0 Å². The number of carbonyl (C=O) groups excluding carboxylic acids is 1. The molecule has 0 bridgehead atoms. The fourth-order valence-electron chi connectivity index (χ4n) is 2.69. The van der Waals surface area contributed by atoms with Crippen LogP contribution in [0.5, 0.6) is 0 Å². The molecule has 2 atom stereocenters. The van der Waals surface area contributed by atoms with Gasteiger partial charge in [-0.05, 0) is 31.9 Å². The van der Waals surface area contributed by atoms with Gasteiger partial charge in [0.25, 0.3) is 0 Å². The Morgan fingerprint density at radius 1 is 1.19 bits per heavy atom. The van der Waals surface area contributed by atoms with Gasteiger partial charge in [-0.1, -0.05) is 30.5 Å². The van der Waals surface area contributed by atoms with E-state index in [2.05, 4.69) is 4.72 Å². The molecule has 1 aliphatic rings. The molecule has 1 aromatic rings. The lowest BCUT2D eigenvalue weighted by molar-refractivity contribution is -0.147. The molecule has 5 nitrogen and oxygen atoms in total. The van der Waals surface area contributed by atoms with Crippen LogP contribution >= 0.6 is 0 Å². The Morgan fingerprint density at radius 3 is 2.43 bits per heavy atom. The summed E-state index contributed by atoms with van der Waals surface area (Å²) in [6.07, 6.45) is 3.15. The normalized spacial score (nSPS) is 22.8. The maximum atomic E-state index is 12.4. The summed E-state index contributed by atoms with van der Waals surface area (Å²) in [5.74, 6) is -0.740. The van der Waals surface area contributed by atoms with Gasteiger partial charge in [-0.15, -0.1) is 0 Å². The molecule has 0 aliphatic heterocycles. The number of rotatable bonds is 4. The van der Waals surface area contributed by atoms with Crippen LogP contribution in [0.2, 0.25) is 0 Å². The Bertz CT molecular complexity index is 595. The molecule has 0 spiro atoms. The molecular weight excluding hydrogens is 290 g/mol. The van der Waals surface area contributed by atoms with Crippen molar-refractivity contribution in [2.24, 2.45) is 5.92 Å². The Labute approximate surface area is 125 Å². The number of hydrogen-bond acceptors (Lipinski definition) is 4. The zero-order chi connectivity index (χ0) is 15.5. The van der Waals surface area contributed by atoms with Gasteiger partial charge in [0.2, 0.25) is 10.0 Å². The van der Waals surface area contributed by atoms with Crippen molar-refractivity contribution in [2.45, 2.75) is 43.5 Å². The Morgan fingerprint density at radius 2 is 1.81 bits per heavy atom. The summed E-state index contributed by atoms with van der Waals surface area (Å²) < 4.78 is 32.3. The second-order valence-corrected chi connectivity index (χ2v) is 7.17. The minimum absolute atomic E-state index is 0.224. The number of benzene rings is 1. The van der Waals surface area contributed by atoms with Crippen molar-refractivity contribution >= 4 is 16.0 Å². The molecule has 6 heteroatoms. The average molecular weight is 311 g/mol. The van der Waals surface area contributed by atoms with Crippen molar-refractivity contribution in [3.8, 4) is 0 Å². The van der Waals surface area contributed by atoms with Crippen molar-refractivity contribution in [3.63, 3.8) is 0 Å². The van der Waals surface area contributed by atoms with Gasteiger partial charge >= 0.3 is 5.97 Å². The summed E-state index contributed by atoms with van der Waals surface area (Å²) in [6.45, 7) is 1.90. The maximum Gasteiger partial charge on any atom is 0.310 e. The van der Waals surface area contributed by atoms with Crippen molar-refractivity contribution in [1.29, 1.82) is 0 Å². The average Bonchev–Trinajstić information content (AvgIpc) is 2.47. The van der Waals surface area contributed by atoms with E-state index in [4.69, 9.17) is 4.74 Å². The lowest BCUT2D eigenvalue weighted by Gasteiger charge is -2.29. The molecule has 1 N–H and O–H groups in total. The number of carbonyl (C=O) groups is 1. The standard InChI is InChI=1S/C15H21NO4S/c1-11-7-9-12(10-8-11)21(18,19)16-14-6-4-3-5-13(14)15(17)20-2/h7-10,13-14,16H,3-6H2,1-2H3/t13-,14+/m1/s1. The largest absolute Gasteiger partial charge is 0.469 e. The molecule has 0 radical (unpaired) electrons. The van der Waals surface area contributed by atoms with Crippen LogP contribution in [0.15, 0.2) is 29.2 Å². The summed E-state index contributed by atoms with van der Waals surface area (Å²) in [5.41, 5.74) is 0.999. The van der Waals surface area contributed by atoms with Crippen molar-refractivity contribution in [2.75, 3.05) is 7.11 Å². The van der Waals surface area contributed by atoms with E-state index in [1.54, 1.807) is 24.3 Å². The lowest BCUT2D eigenvalue weighted by atomic mass is 9.85. The Balaban J connectivity index is 2.17. The summed E-state index contributed by atoms with van der Waals surface area (Å²) in [7, 11) is -2.27. The fraction of sp³-hybridized carbons (Fsp3) is 0.533. The minimum Gasteiger partial charge on any atom is -0.469 e. The monoisotopic (exact) mass is 311 g/mol. The number of nitrogens with one attached hydrogen (secondary N) is 1. The molecule has 0 amide bonds. The highest BCUT2D eigenvalue weighted by atomic mass is 32.2. The highest BCUT2D eigenvalue weighted by molar-refractivity contribution is 7.89. The topological polar surface area (TPSA) is 72.5 Å². The first-order chi connectivity index (χ1) is 9.94. The number of ether oxygens (including phenoxy) is 1. The highest BCUT2D eigenvalue weighted by Gasteiger charge is 2.34. The first-order valence-corrected chi connectivity index (χ1v) is 8.59. The van der Waals surface area contributed by atoms with Crippen LogP contribution in [0.25, 0.3) is 0 Å². The number of hydrogen-bond donors (Lipinski definition) is 1. The Kier molecular flexibility index (Phi) is 5.00. The molecule has 0 aromatic heterocycles. The van der Waals surface area contributed by atoms with Gasteiger partial charge in [-0.2, -0.15) is 0 Å². The molecule has 2 rings (SSSR count). The van der Waals surface area contributed by atoms with E-state index in [9.17, 15) is 13.2 Å². The van der Waals surface area contributed by atoms with Crippen LogP contribution in [-0.4, -0.2) is 27.5 Å². The number of methoxy groups -OCH3 is 1. The summed E-state index contributed by atoms with van der Waals surface area (Å²) in [5, 5.41) is 0. The number of sulfonamides is 1. The second-order valence-electron chi connectivity index (χ2n) is 5.45. The first-order valence-electron chi connectivity index (χ1n) is 7.11. The number of esters is 1. The molecule has 116 valence electrons. The van der Waals surface area contributed by atoms with Gasteiger partial charge in [-0.25, -0.2) is 13.1 Å². The third kappa shape index (κ3) is 3.83. The molecule has 1 aliphatic carbocycles. The van der Waals surface area contributed by atoms with Crippen LogP contribution in [-0.2, 0) is 19.6 Å². The lowest BCUT2D eigenvalue weighted by Crippen LogP contribution is -2.45.